The number of hydrogen-bond acceptors (Lipinski definition) is 2. The summed E-state index contributed by atoms with van der Waals surface area (Å²) >= 11 is 0. The Balaban J connectivity index is 2.12. The summed E-state index contributed by atoms with van der Waals surface area (Å²) in [7, 11) is 0. The van der Waals surface area contributed by atoms with Crippen LogP contribution in [0.4, 0.5) is 5.69 Å². The van der Waals surface area contributed by atoms with Crippen molar-refractivity contribution in [2.24, 2.45) is 0 Å². The van der Waals surface area contributed by atoms with Gasteiger partial charge in [0.2, 0.25) is 0 Å². The maximum atomic E-state index is 12.2. The highest BCUT2D eigenvalue weighted by Crippen LogP contribution is 2.11. The lowest BCUT2D eigenvalue weighted by atomic mass is 10.1. The monoisotopic (exact) mass is 305 g/mol. The number of carbonyl (C=O) groups excluding carboxylic acids is 2. The zero-order valence-electron chi connectivity index (χ0n) is 13.2. The highest BCUT2D eigenvalue weighted by atomic mass is 16.2. The van der Waals surface area contributed by atoms with Crippen molar-refractivity contribution >= 4 is 23.5 Å². The van der Waals surface area contributed by atoms with E-state index >= 15 is 0 Å². The number of aryl methyl sites for hydroxylation is 1. The lowest BCUT2D eigenvalue weighted by Gasteiger charge is -2.06. The Bertz CT molecular complexity index is 741. The number of benzene rings is 2. The third-order valence-electron chi connectivity index (χ3n) is 3.28. The first-order valence-corrected chi connectivity index (χ1v) is 7.38. The van der Waals surface area contributed by atoms with Gasteiger partial charge in [-0.1, -0.05) is 60.2 Å². The third-order valence-corrected chi connectivity index (χ3v) is 3.28. The SMILES string of the molecule is CC(=O)/C(=C\C=C\c1ccccc1)C(=O)Nc1ccc(C)cc1. The van der Waals surface area contributed by atoms with Gasteiger partial charge in [0.05, 0.1) is 5.57 Å². The van der Waals surface area contributed by atoms with E-state index in [0.717, 1.165) is 11.1 Å². The largest absolute Gasteiger partial charge is 0.322 e. The summed E-state index contributed by atoms with van der Waals surface area (Å²) in [5, 5.41) is 2.74. The predicted molar refractivity (Wildman–Crippen MR) is 94.0 cm³/mol. The smallest absolute Gasteiger partial charge is 0.259 e. The minimum atomic E-state index is -0.404. The lowest BCUT2D eigenvalue weighted by molar-refractivity contribution is -0.118. The van der Waals surface area contributed by atoms with Crippen LogP contribution in [0.15, 0.2) is 72.3 Å². The average Bonchev–Trinajstić information content (AvgIpc) is 2.54. The summed E-state index contributed by atoms with van der Waals surface area (Å²) in [6.07, 6.45) is 5.10. The molecular formula is C20H19NO2. The Labute approximate surface area is 136 Å². The zero-order chi connectivity index (χ0) is 16.7. The van der Waals surface area contributed by atoms with Crippen molar-refractivity contribution in [3.05, 3.63) is 83.4 Å². The van der Waals surface area contributed by atoms with Gasteiger partial charge in [-0.25, -0.2) is 0 Å². The molecule has 116 valence electrons. The summed E-state index contributed by atoms with van der Waals surface area (Å²) in [5.41, 5.74) is 2.90. The number of nitrogens with one attached hydrogen (secondary N) is 1. The van der Waals surface area contributed by atoms with E-state index in [4.69, 9.17) is 0 Å². The molecule has 3 nitrogen and oxygen atoms in total. The van der Waals surface area contributed by atoms with Crippen LogP contribution in [0.25, 0.3) is 6.08 Å². The molecule has 1 N–H and O–H groups in total. The highest BCUT2D eigenvalue weighted by molar-refractivity contribution is 6.23. The number of allylic oxidation sites excluding steroid dienone is 2. The molecule has 0 fully saturated rings. The van der Waals surface area contributed by atoms with Gasteiger partial charge < -0.3 is 5.32 Å². The van der Waals surface area contributed by atoms with Crippen LogP contribution in [0.3, 0.4) is 0 Å². The van der Waals surface area contributed by atoms with Gasteiger partial charge in [-0.2, -0.15) is 0 Å². The summed E-state index contributed by atoms with van der Waals surface area (Å²) in [6, 6.07) is 17.1. The molecule has 2 aromatic rings. The van der Waals surface area contributed by atoms with Gasteiger partial charge in [0.25, 0.3) is 5.91 Å². The van der Waals surface area contributed by atoms with Crippen LogP contribution in [-0.2, 0) is 9.59 Å². The lowest BCUT2D eigenvalue weighted by Crippen LogP contribution is -2.18. The summed E-state index contributed by atoms with van der Waals surface area (Å²) < 4.78 is 0. The van der Waals surface area contributed by atoms with E-state index in [1.165, 1.54) is 6.92 Å². The van der Waals surface area contributed by atoms with E-state index in [1.54, 1.807) is 12.2 Å². The molecule has 3 heteroatoms. The van der Waals surface area contributed by atoms with Crippen LogP contribution in [0.1, 0.15) is 18.1 Å². The summed E-state index contributed by atoms with van der Waals surface area (Å²) in [6.45, 7) is 3.36. The van der Waals surface area contributed by atoms with Crippen molar-refractivity contribution < 1.29 is 9.59 Å². The minimum absolute atomic E-state index is 0.123. The molecule has 23 heavy (non-hydrogen) atoms. The van der Waals surface area contributed by atoms with Crippen LogP contribution in [-0.4, -0.2) is 11.7 Å². The van der Waals surface area contributed by atoms with Crippen LogP contribution in [0.2, 0.25) is 0 Å². The number of ketones is 1. The maximum Gasteiger partial charge on any atom is 0.259 e. The molecule has 0 saturated heterocycles. The fourth-order valence-electron chi connectivity index (χ4n) is 2.01. The van der Waals surface area contributed by atoms with E-state index in [0.29, 0.717) is 5.69 Å². The molecule has 0 spiro atoms. The average molecular weight is 305 g/mol. The second-order valence-electron chi connectivity index (χ2n) is 5.23. The summed E-state index contributed by atoms with van der Waals surface area (Å²) in [5.74, 6) is -0.675. The van der Waals surface area contributed by atoms with Gasteiger partial charge in [0.1, 0.15) is 0 Å². The molecule has 2 rings (SSSR count). The Morgan fingerprint density at radius 3 is 2.22 bits per heavy atom. The number of carbonyl (C=O) groups is 2. The molecule has 0 atom stereocenters. The van der Waals surface area contributed by atoms with Crippen molar-refractivity contribution in [1.29, 1.82) is 0 Å². The molecule has 0 saturated carbocycles. The molecule has 0 heterocycles. The van der Waals surface area contributed by atoms with E-state index in [9.17, 15) is 9.59 Å². The van der Waals surface area contributed by atoms with Crippen LogP contribution in [0, 0.1) is 6.92 Å². The van der Waals surface area contributed by atoms with E-state index in [-0.39, 0.29) is 11.4 Å². The first-order chi connectivity index (χ1) is 11.1. The number of hydrogen-bond donors (Lipinski definition) is 1. The molecule has 0 radical (unpaired) electrons. The molecular weight excluding hydrogens is 286 g/mol. The van der Waals surface area contributed by atoms with Crippen molar-refractivity contribution in [3.63, 3.8) is 0 Å². The Hall–Kier alpha value is -2.94. The quantitative estimate of drug-likeness (QED) is 0.390. The minimum Gasteiger partial charge on any atom is -0.322 e. The Morgan fingerprint density at radius 2 is 1.61 bits per heavy atom. The Kier molecular flexibility index (Phi) is 5.64. The van der Waals surface area contributed by atoms with Gasteiger partial charge in [-0.05, 0) is 37.6 Å². The number of anilines is 1. The second-order valence-corrected chi connectivity index (χ2v) is 5.23. The standard InChI is InChI=1S/C20H19NO2/c1-15-11-13-18(14-12-15)21-20(23)19(16(2)22)10-6-9-17-7-4-3-5-8-17/h3-14H,1-2H3,(H,21,23)/b9-6+,19-10+. The van der Waals surface area contributed by atoms with Gasteiger partial charge in [-0.15, -0.1) is 0 Å². The van der Waals surface area contributed by atoms with E-state index < -0.39 is 5.91 Å². The normalized spacial score (nSPS) is 11.5. The van der Waals surface area contributed by atoms with Gasteiger partial charge >= 0.3 is 0 Å². The van der Waals surface area contributed by atoms with Crippen molar-refractivity contribution in [3.8, 4) is 0 Å². The van der Waals surface area contributed by atoms with Crippen molar-refractivity contribution in [2.75, 3.05) is 5.32 Å². The molecule has 0 aliphatic heterocycles. The third kappa shape index (κ3) is 5.08. The molecule has 0 aromatic heterocycles. The first-order valence-electron chi connectivity index (χ1n) is 7.38. The van der Waals surface area contributed by atoms with Gasteiger partial charge in [-0.3, -0.25) is 9.59 Å². The fourth-order valence-corrected chi connectivity index (χ4v) is 2.01. The maximum absolute atomic E-state index is 12.2. The van der Waals surface area contributed by atoms with E-state index in [2.05, 4.69) is 5.32 Å². The predicted octanol–water partition coefficient (Wildman–Crippen LogP) is 4.16. The van der Waals surface area contributed by atoms with Gasteiger partial charge in [0.15, 0.2) is 5.78 Å². The topological polar surface area (TPSA) is 46.2 Å². The van der Waals surface area contributed by atoms with Gasteiger partial charge in [0, 0.05) is 5.69 Å². The molecule has 2 aromatic carbocycles. The molecule has 0 aliphatic carbocycles. The number of amides is 1. The van der Waals surface area contributed by atoms with Crippen LogP contribution in [0.5, 0.6) is 0 Å². The van der Waals surface area contributed by atoms with Crippen LogP contribution >= 0.6 is 0 Å². The van der Waals surface area contributed by atoms with E-state index in [1.807, 2.05) is 67.6 Å². The zero-order valence-corrected chi connectivity index (χ0v) is 13.2. The highest BCUT2D eigenvalue weighted by Gasteiger charge is 2.13. The molecule has 0 bridgehead atoms. The molecule has 0 unspecified atom stereocenters. The number of rotatable bonds is 5. The summed E-state index contributed by atoms with van der Waals surface area (Å²) in [4.78, 5) is 24.0. The number of Topliss-reactive ketones (excluding diaryl/α,β-unsaturated/α-hetero) is 1. The van der Waals surface area contributed by atoms with Crippen LogP contribution < -0.4 is 5.32 Å². The second kappa shape index (κ2) is 7.90. The fraction of sp³-hybridized carbons (Fsp3) is 0.100. The van der Waals surface area contributed by atoms with Crippen molar-refractivity contribution in [2.45, 2.75) is 13.8 Å². The first kappa shape index (κ1) is 16.4. The Morgan fingerprint density at radius 1 is 0.957 bits per heavy atom. The van der Waals surface area contributed by atoms with Crippen molar-refractivity contribution in [1.82, 2.24) is 0 Å². The molecule has 1 amide bonds. The molecule has 0 aliphatic rings.